The average molecular weight is 346 g/mol. The molecule has 6 nitrogen and oxygen atoms in total. The molecule has 0 amide bonds. The number of carbonyl (C=O) groups excluding carboxylic acids is 3. The fourth-order valence-corrected chi connectivity index (χ4v) is 6.04. The predicted molar refractivity (Wildman–Crippen MR) is 86.1 cm³/mol. The van der Waals surface area contributed by atoms with Gasteiger partial charge in [0.25, 0.3) is 0 Å². The number of hydrogen-bond acceptors (Lipinski definition) is 6. The number of carbonyl (C=O) groups is 3. The Morgan fingerprint density at radius 3 is 2.36 bits per heavy atom. The predicted octanol–water partition coefficient (Wildman–Crippen LogP) is 0.566. The van der Waals surface area contributed by atoms with E-state index in [4.69, 9.17) is 4.74 Å². The highest BCUT2D eigenvalue weighted by molar-refractivity contribution is 6.04. The number of fused-ring (bicyclic) bond motifs is 6. The Bertz CT molecular complexity index is 779. The second kappa shape index (κ2) is 4.68. The first kappa shape index (κ1) is 16.7. The van der Waals surface area contributed by atoms with Crippen LogP contribution in [0, 0.1) is 28.6 Å². The third-order valence-electron chi connectivity index (χ3n) is 7.17. The summed E-state index contributed by atoms with van der Waals surface area (Å²) in [5.74, 6) is -2.97. The van der Waals surface area contributed by atoms with Crippen molar-refractivity contribution in [3.05, 3.63) is 23.3 Å². The molecule has 1 saturated heterocycles. The summed E-state index contributed by atoms with van der Waals surface area (Å²) in [5.41, 5.74) is -1.20. The van der Waals surface area contributed by atoms with Crippen molar-refractivity contribution in [2.24, 2.45) is 28.6 Å². The molecule has 0 radical (unpaired) electrons. The first-order valence-electron chi connectivity index (χ1n) is 8.62. The Morgan fingerprint density at radius 1 is 1.08 bits per heavy atom. The molecule has 6 heteroatoms. The molecule has 4 aliphatic rings. The van der Waals surface area contributed by atoms with Gasteiger partial charge in [-0.1, -0.05) is 20.8 Å². The molecule has 3 aliphatic carbocycles. The van der Waals surface area contributed by atoms with Crippen LogP contribution in [0.5, 0.6) is 0 Å². The molecule has 25 heavy (non-hydrogen) atoms. The minimum Gasteiger partial charge on any atom is -0.459 e. The standard InChI is InChI=1S/C19H22O6/c1-7-5-10(20)16(23)18(3)9(7)6-11(21)19(4)12-8(2)14(25-17(12)24)13(22)15(18)19/h5-6,8,12-16,22-23H,1-4H3. The van der Waals surface area contributed by atoms with Gasteiger partial charge in [0, 0.05) is 17.3 Å². The van der Waals surface area contributed by atoms with Gasteiger partial charge < -0.3 is 14.9 Å². The van der Waals surface area contributed by atoms with Gasteiger partial charge in [0.2, 0.25) is 0 Å². The van der Waals surface area contributed by atoms with Crippen LogP contribution in [0.4, 0.5) is 0 Å². The zero-order valence-electron chi connectivity index (χ0n) is 14.6. The Balaban J connectivity index is 2.02. The average Bonchev–Trinajstić information content (AvgIpc) is 2.78. The summed E-state index contributed by atoms with van der Waals surface area (Å²) < 4.78 is 5.38. The summed E-state index contributed by atoms with van der Waals surface area (Å²) in [5, 5.41) is 21.8. The summed E-state index contributed by atoms with van der Waals surface area (Å²) in [6, 6.07) is 0. The van der Waals surface area contributed by atoms with Crippen LogP contribution < -0.4 is 0 Å². The highest BCUT2D eigenvalue weighted by Crippen LogP contribution is 2.65. The van der Waals surface area contributed by atoms with Crippen molar-refractivity contribution >= 4 is 17.5 Å². The molecule has 0 aromatic rings. The number of ketones is 2. The minimum absolute atomic E-state index is 0.257. The Hall–Kier alpha value is -1.79. The van der Waals surface area contributed by atoms with E-state index >= 15 is 0 Å². The molecule has 1 aliphatic heterocycles. The molecular weight excluding hydrogens is 324 g/mol. The first-order chi connectivity index (χ1) is 11.6. The topological polar surface area (TPSA) is 101 Å². The maximum absolute atomic E-state index is 13.1. The highest BCUT2D eigenvalue weighted by Gasteiger charge is 2.73. The molecular formula is C19H22O6. The van der Waals surface area contributed by atoms with Gasteiger partial charge in [0.1, 0.15) is 12.2 Å². The van der Waals surface area contributed by atoms with E-state index in [0.717, 1.165) is 0 Å². The molecule has 8 unspecified atom stereocenters. The summed E-state index contributed by atoms with van der Waals surface area (Å²) in [6.45, 7) is 6.89. The van der Waals surface area contributed by atoms with Crippen LogP contribution in [0.1, 0.15) is 27.7 Å². The third-order valence-corrected chi connectivity index (χ3v) is 7.17. The number of aliphatic hydroxyl groups excluding tert-OH is 2. The lowest BCUT2D eigenvalue weighted by molar-refractivity contribution is -0.178. The van der Waals surface area contributed by atoms with Crippen molar-refractivity contribution in [3.63, 3.8) is 0 Å². The van der Waals surface area contributed by atoms with Crippen LogP contribution >= 0.6 is 0 Å². The van der Waals surface area contributed by atoms with Gasteiger partial charge in [-0.15, -0.1) is 0 Å². The molecule has 0 aromatic heterocycles. The second-order valence-electron chi connectivity index (χ2n) is 8.33. The molecule has 0 aromatic carbocycles. The van der Waals surface area contributed by atoms with Gasteiger partial charge in [-0.2, -0.15) is 0 Å². The molecule has 2 N–H and O–H groups in total. The quantitative estimate of drug-likeness (QED) is 0.622. The van der Waals surface area contributed by atoms with Crippen LogP contribution in [0.2, 0.25) is 0 Å². The van der Waals surface area contributed by atoms with Crippen molar-refractivity contribution in [1.29, 1.82) is 0 Å². The Morgan fingerprint density at radius 2 is 1.72 bits per heavy atom. The summed E-state index contributed by atoms with van der Waals surface area (Å²) in [4.78, 5) is 37.9. The summed E-state index contributed by atoms with van der Waals surface area (Å²) in [6.07, 6.45) is -0.453. The molecule has 4 rings (SSSR count). The smallest absolute Gasteiger partial charge is 0.310 e. The fraction of sp³-hybridized carbons (Fsp3) is 0.632. The number of ether oxygens (including phenoxy) is 1. The van der Waals surface area contributed by atoms with Crippen molar-refractivity contribution in [2.75, 3.05) is 0 Å². The van der Waals surface area contributed by atoms with Gasteiger partial charge in [-0.05, 0) is 30.2 Å². The molecule has 2 fully saturated rings. The van der Waals surface area contributed by atoms with Crippen molar-refractivity contribution in [2.45, 2.75) is 46.0 Å². The van der Waals surface area contributed by atoms with E-state index < -0.39 is 52.7 Å². The largest absolute Gasteiger partial charge is 0.459 e. The monoisotopic (exact) mass is 346 g/mol. The van der Waals surface area contributed by atoms with E-state index in [2.05, 4.69) is 0 Å². The summed E-state index contributed by atoms with van der Waals surface area (Å²) >= 11 is 0. The normalized spacial score (nSPS) is 51.4. The number of allylic oxidation sites excluding steroid dienone is 2. The number of aliphatic hydroxyl groups is 2. The van der Waals surface area contributed by atoms with Gasteiger partial charge in [-0.3, -0.25) is 14.4 Å². The number of rotatable bonds is 0. The molecule has 0 spiro atoms. The fourth-order valence-electron chi connectivity index (χ4n) is 6.04. The van der Waals surface area contributed by atoms with E-state index in [9.17, 15) is 24.6 Å². The van der Waals surface area contributed by atoms with E-state index in [1.54, 1.807) is 27.7 Å². The van der Waals surface area contributed by atoms with Crippen molar-refractivity contribution in [1.82, 2.24) is 0 Å². The lowest BCUT2D eigenvalue weighted by Crippen LogP contribution is -2.67. The van der Waals surface area contributed by atoms with E-state index in [-0.39, 0.29) is 11.7 Å². The second-order valence-corrected chi connectivity index (χ2v) is 8.33. The Labute approximate surface area is 145 Å². The molecule has 1 heterocycles. The van der Waals surface area contributed by atoms with Gasteiger partial charge >= 0.3 is 5.97 Å². The van der Waals surface area contributed by atoms with Crippen LogP contribution in [-0.4, -0.2) is 46.1 Å². The van der Waals surface area contributed by atoms with E-state index in [1.807, 2.05) is 0 Å². The first-order valence-corrected chi connectivity index (χ1v) is 8.62. The molecule has 8 atom stereocenters. The van der Waals surface area contributed by atoms with Crippen molar-refractivity contribution in [3.8, 4) is 0 Å². The highest BCUT2D eigenvalue weighted by atomic mass is 16.6. The molecule has 2 bridgehead atoms. The van der Waals surface area contributed by atoms with Crippen LogP contribution in [0.3, 0.4) is 0 Å². The lowest BCUT2D eigenvalue weighted by Gasteiger charge is -2.59. The van der Waals surface area contributed by atoms with Gasteiger partial charge in [0.05, 0.1) is 17.4 Å². The molecule has 134 valence electrons. The Kier molecular flexibility index (Phi) is 3.12. The van der Waals surface area contributed by atoms with Crippen LogP contribution in [-0.2, 0) is 19.1 Å². The van der Waals surface area contributed by atoms with Crippen molar-refractivity contribution < 1.29 is 29.3 Å². The maximum atomic E-state index is 13.1. The van der Waals surface area contributed by atoms with Crippen LogP contribution in [0.25, 0.3) is 0 Å². The van der Waals surface area contributed by atoms with Gasteiger partial charge in [-0.25, -0.2) is 0 Å². The van der Waals surface area contributed by atoms with E-state index in [1.165, 1.54) is 12.2 Å². The lowest BCUT2D eigenvalue weighted by atomic mass is 9.43. The maximum Gasteiger partial charge on any atom is 0.310 e. The van der Waals surface area contributed by atoms with Gasteiger partial charge in [0.15, 0.2) is 11.6 Å². The SMILES string of the molecule is CC1=CC(=O)C(O)C2(C)C1=CC(=O)C1(C)C3C(=O)OC(C3C)C(O)C21. The zero-order chi connectivity index (χ0) is 18.5. The number of esters is 1. The number of hydrogen-bond donors (Lipinski definition) is 2. The zero-order valence-corrected chi connectivity index (χ0v) is 14.6. The molecule has 1 saturated carbocycles. The van der Waals surface area contributed by atoms with Crippen LogP contribution in [0.15, 0.2) is 23.3 Å². The summed E-state index contributed by atoms with van der Waals surface area (Å²) in [7, 11) is 0. The third kappa shape index (κ3) is 1.65. The van der Waals surface area contributed by atoms with E-state index in [0.29, 0.717) is 11.1 Å². The minimum atomic E-state index is -1.38.